The van der Waals surface area contributed by atoms with E-state index in [2.05, 4.69) is 5.32 Å². The van der Waals surface area contributed by atoms with Crippen molar-refractivity contribution < 1.29 is 23.8 Å². The Morgan fingerprint density at radius 1 is 1.32 bits per heavy atom. The Hall–Kier alpha value is -2.64. The summed E-state index contributed by atoms with van der Waals surface area (Å²) in [7, 11) is 1.51. The lowest BCUT2D eigenvalue weighted by Gasteiger charge is -2.36. The summed E-state index contributed by atoms with van der Waals surface area (Å²) in [5.41, 5.74) is 0.800. The summed E-state index contributed by atoms with van der Waals surface area (Å²) in [4.78, 5) is 25.3. The topological polar surface area (TPSA) is 98.0 Å². The van der Waals surface area contributed by atoms with Crippen molar-refractivity contribution in [2.45, 2.75) is 32.0 Å². The molecule has 7 nitrogen and oxygen atoms in total. The molecule has 1 aliphatic heterocycles. The number of fused-ring (bicyclic) bond motifs is 1. The van der Waals surface area contributed by atoms with Crippen LogP contribution < -0.4 is 10.7 Å². The van der Waals surface area contributed by atoms with Crippen LogP contribution in [0.5, 0.6) is 0 Å². The second kappa shape index (κ2) is 9.03. The fourth-order valence-corrected chi connectivity index (χ4v) is 3.57. The first kappa shape index (κ1) is 20.1. The number of allylic oxidation sites excluding steroid dienone is 1. The van der Waals surface area contributed by atoms with Crippen LogP contribution in [-0.4, -0.2) is 37.6 Å². The largest absolute Gasteiger partial charge is 0.464 e. The second-order valence-electron chi connectivity index (χ2n) is 6.62. The summed E-state index contributed by atoms with van der Waals surface area (Å²) in [6.45, 7) is 2.24. The molecule has 0 spiro atoms. The third-order valence-electron chi connectivity index (χ3n) is 4.93. The molecule has 2 heterocycles. The van der Waals surface area contributed by atoms with E-state index in [0.717, 1.165) is 0 Å². The molecule has 0 bridgehead atoms. The van der Waals surface area contributed by atoms with Gasteiger partial charge in [0.25, 0.3) is 5.91 Å². The lowest BCUT2D eigenvalue weighted by atomic mass is 9.81. The maximum atomic E-state index is 13.1. The molecule has 0 saturated heterocycles. The van der Waals surface area contributed by atoms with Crippen molar-refractivity contribution in [3.8, 4) is 0 Å². The molecule has 0 radical (unpaired) electrons. The van der Waals surface area contributed by atoms with E-state index in [1.165, 1.54) is 13.3 Å². The third-order valence-corrected chi connectivity index (χ3v) is 4.93. The Labute approximate surface area is 162 Å². The first-order chi connectivity index (χ1) is 13.6. The number of hydrogen-bond acceptors (Lipinski definition) is 6. The van der Waals surface area contributed by atoms with E-state index >= 15 is 0 Å². The number of aliphatic hydroxyl groups is 1. The highest BCUT2D eigenvalue weighted by molar-refractivity contribution is 5.91. The predicted molar refractivity (Wildman–Crippen MR) is 104 cm³/mol. The molecule has 150 valence electrons. The van der Waals surface area contributed by atoms with Crippen molar-refractivity contribution in [2.24, 2.45) is 5.92 Å². The highest BCUT2D eigenvalue weighted by Crippen LogP contribution is 2.38. The Kier molecular flexibility index (Phi) is 6.49. The lowest BCUT2D eigenvalue weighted by Crippen LogP contribution is -2.39. The van der Waals surface area contributed by atoms with E-state index in [1.807, 2.05) is 6.92 Å². The van der Waals surface area contributed by atoms with Crippen LogP contribution in [0.4, 0.5) is 0 Å². The lowest BCUT2D eigenvalue weighted by molar-refractivity contribution is -0.166. The van der Waals surface area contributed by atoms with E-state index in [4.69, 9.17) is 13.9 Å². The number of hydrogen-bond donors (Lipinski definition) is 2. The number of nitrogens with one attached hydrogen (secondary N) is 1. The molecular weight excluding hydrogens is 362 g/mol. The predicted octanol–water partition coefficient (Wildman–Crippen LogP) is 2.29. The highest BCUT2D eigenvalue weighted by atomic mass is 16.7. The minimum absolute atomic E-state index is 0.0143. The fraction of sp³-hybridized carbons (Fsp3) is 0.429. The van der Waals surface area contributed by atoms with E-state index in [0.29, 0.717) is 36.0 Å². The summed E-state index contributed by atoms with van der Waals surface area (Å²) < 4.78 is 17.2. The Bertz CT molecular complexity index is 918. The van der Waals surface area contributed by atoms with Crippen LogP contribution in [0.2, 0.25) is 0 Å². The van der Waals surface area contributed by atoms with E-state index in [1.54, 1.807) is 30.3 Å². The number of carbonyl (C=O) groups excluding carboxylic acids is 1. The monoisotopic (exact) mass is 387 g/mol. The number of benzene rings is 1. The molecule has 2 N–H and O–H groups in total. The van der Waals surface area contributed by atoms with Crippen LogP contribution in [0.1, 0.15) is 31.2 Å². The van der Waals surface area contributed by atoms with Crippen LogP contribution in [0.15, 0.2) is 51.6 Å². The van der Waals surface area contributed by atoms with Crippen LogP contribution in [0.3, 0.4) is 0 Å². The van der Waals surface area contributed by atoms with Gasteiger partial charge in [0.15, 0.2) is 11.2 Å². The average Bonchev–Trinajstić information content (AvgIpc) is 2.72. The van der Waals surface area contributed by atoms with Crippen LogP contribution in [0, 0.1) is 5.92 Å². The SMILES string of the molecule is CCO[C@H]1OC(C(=O)NC)=C[C@@H](c2coc3ccccc3c2=O)[C@H]1CCCO. The van der Waals surface area contributed by atoms with Gasteiger partial charge in [-0.1, -0.05) is 12.1 Å². The third kappa shape index (κ3) is 3.95. The van der Waals surface area contributed by atoms with Gasteiger partial charge >= 0.3 is 0 Å². The molecule has 1 amide bonds. The van der Waals surface area contributed by atoms with Crippen LogP contribution >= 0.6 is 0 Å². The molecule has 0 aliphatic carbocycles. The molecule has 28 heavy (non-hydrogen) atoms. The van der Waals surface area contributed by atoms with Crippen LogP contribution in [0.25, 0.3) is 11.0 Å². The van der Waals surface area contributed by atoms with Gasteiger partial charge in [-0.2, -0.15) is 0 Å². The molecule has 3 atom stereocenters. The molecule has 0 saturated carbocycles. The van der Waals surface area contributed by atoms with E-state index in [9.17, 15) is 14.7 Å². The smallest absolute Gasteiger partial charge is 0.285 e. The van der Waals surface area contributed by atoms with Gasteiger partial charge in [0, 0.05) is 37.7 Å². The van der Waals surface area contributed by atoms with Gasteiger partial charge < -0.3 is 24.3 Å². The van der Waals surface area contributed by atoms with Crippen molar-refractivity contribution in [2.75, 3.05) is 20.3 Å². The first-order valence-electron chi connectivity index (χ1n) is 9.44. The summed E-state index contributed by atoms with van der Waals surface area (Å²) in [5, 5.41) is 12.3. The fourth-order valence-electron chi connectivity index (χ4n) is 3.57. The standard InChI is InChI=1S/C21H25NO6/c1-3-26-21-13(8-6-10-23)15(11-18(28-21)20(25)22-2)16-12-27-17-9-5-4-7-14(17)19(16)24/h4-5,7,9,11-13,15,21,23H,3,6,8,10H2,1-2H3,(H,22,25)/t13-,15-,21+/m1/s1. The number of amides is 1. The van der Waals surface area contributed by atoms with Gasteiger partial charge in [0.1, 0.15) is 5.58 Å². The number of rotatable bonds is 7. The van der Waals surface area contributed by atoms with Gasteiger partial charge in [-0.3, -0.25) is 9.59 Å². The normalized spacial score (nSPS) is 21.8. The Balaban J connectivity index is 2.12. The molecule has 0 unspecified atom stereocenters. The molecular formula is C21H25NO6. The van der Waals surface area contributed by atoms with E-state index < -0.39 is 12.2 Å². The van der Waals surface area contributed by atoms with Crippen molar-refractivity contribution in [1.29, 1.82) is 0 Å². The Morgan fingerprint density at radius 3 is 2.82 bits per heavy atom. The zero-order valence-electron chi connectivity index (χ0n) is 16.0. The molecule has 7 heteroatoms. The van der Waals surface area contributed by atoms with Crippen LogP contribution in [-0.2, 0) is 14.3 Å². The molecule has 0 fully saturated rings. The second-order valence-corrected chi connectivity index (χ2v) is 6.62. The number of ether oxygens (including phenoxy) is 2. The molecule has 1 aromatic carbocycles. The summed E-state index contributed by atoms with van der Waals surface area (Å²) in [6, 6.07) is 7.04. The summed E-state index contributed by atoms with van der Waals surface area (Å²) in [6.07, 6.45) is 3.49. The summed E-state index contributed by atoms with van der Waals surface area (Å²) >= 11 is 0. The average molecular weight is 387 g/mol. The van der Waals surface area contributed by atoms with Gasteiger partial charge in [-0.05, 0) is 38.0 Å². The number of aliphatic hydroxyl groups excluding tert-OH is 1. The number of para-hydroxylation sites is 1. The minimum atomic E-state index is -0.704. The molecule has 1 aliphatic rings. The molecule has 2 aromatic rings. The van der Waals surface area contributed by atoms with E-state index in [-0.39, 0.29) is 29.6 Å². The number of carbonyl (C=O) groups is 1. The van der Waals surface area contributed by atoms with Crippen molar-refractivity contribution >= 4 is 16.9 Å². The quantitative estimate of drug-likeness (QED) is 0.756. The van der Waals surface area contributed by atoms with Gasteiger partial charge in [0.05, 0.1) is 11.6 Å². The molecule has 1 aromatic heterocycles. The van der Waals surface area contributed by atoms with Gasteiger partial charge in [0.2, 0.25) is 6.29 Å². The maximum Gasteiger partial charge on any atom is 0.285 e. The number of likely N-dealkylation sites (N-methyl/N-ethyl adjacent to an activating group) is 1. The van der Waals surface area contributed by atoms with Crippen molar-refractivity contribution in [1.82, 2.24) is 5.32 Å². The molecule has 3 rings (SSSR count). The van der Waals surface area contributed by atoms with Gasteiger partial charge in [-0.15, -0.1) is 0 Å². The zero-order valence-corrected chi connectivity index (χ0v) is 16.0. The van der Waals surface area contributed by atoms with Gasteiger partial charge in [-0.25, -0.2) is 0 Å². The minimum Gasteiger partial charge on any atom is -0.464 e. The highest BCUT2D eigenvalue weighted by Gasteiger charge is 2.39. The zero-order chi connectivity index (χ0) is 20.1. The first-order valence-corrected chi connectivity index (χ1v) is 9.44. The van der Waals surface area contributed by atoms with Crippen molar-refractivity contribution in [3.05, 3.63) is 58.2 Å². The maximum absolute atomic E-state index is 13.1. The van der Waals surface area contributed by atoms with Crippen molar-refractivity contribution in [3.63, 3.8) is 0 Å². The Morgan fingerprint density at radius 2 is 2.11 bits per heavy atom. The summed E-state index contributed by atoms with van der Waals surface area (Å²) in [5.74, 6) is -0.964.